The van der Waals surface area contributed by atoms with Crippen LogP contribution in [0.3, 0.4) is 0 Å². The summed E-state index contributed by atoms with van der Waals surface area (Å²) in [7, 11) is 0. The van der Waals surface area contributed by atoms with Crippen molar-refractivity contribution in [3.05, 3.63) is 17.0 Å². The van der Waals surface area contributed by atoms with Crippen LogP contribution >= 0.6 is 23.7 Å². The molecule has 0 bridgehead atoms. The lowest BCUT2D eigenvalue weighted by molar-refractivity contribution is 1.64. The van der Waals surface area contributed by atoms with Gasteiger partial charge in [0, 0.05) is 4.88 Å². The molecule has 0 saturated heterocycles. The Bertz CT molecular complexity index is 145. The molecule has 46 valence electrons. The lowest BCUT2D eigenvalue weighted by Crippen LogP contribution is -1.72. The Morgan fingerprint density at radius 3 is 2.25 bits per heavy atom. The number of nitrogens with two attached hydrogens (primary N) is 1. The van der Waals surface area contributed by atoms with Crippen LogP contribution in [0.2, 0.25) is 0 Å². The lowest BCUT2D eigenvalue weighted by Gasteiger charge is -1.73. The highest BCUT2D eigenvalue weighted by Gasteiger charge is 1.85. The van der Waals surface area contributed by atoms with E-state index in [1.54, 1.807) is 11.3 Å². The Kier molecular flexibility index (Phi) is 2.87. The minimum absolute atomic E-state index is 0. The van der Waals surface area contributed by atoms with E-state index >= 15 is 0 Å². The van der Waals surface area contributed by atoms with Gasteiger partial charge in [-0.3, -0.25) is 0 Å². The van der Waals surface area contributed by atoms with E-state index in [1.807, 2.05) is 19.1 Å². The van der Waals surface area contributed by atoms with Crippen LogP contribution in [0.25, 0.3) is 0 Å². The second-order valence-corrected chi connectivity index (χ2v) is 2.77. The maximum atomic E-state index is 5.40. The van der Waals surface area contributed by atoms with Crippen molar-refractivity contribution in [3.63, 3.8) is 0 Å². The van der Waals surface area contributed by atoms with E-state index in [-0.39, 0.29) is 12.4 Å². The summed E-state index contributed by atoms with van der Waals surface area (Å²) in [6.45, 7) is 2.04. The van der Waals surface area contributed by atoms with Gasteiger partial charge in [-0.1, -0.05) is 0 Å². The molecule has 0 aromatic carbocycles. The number of hydrogen-bond donors (Lipinski definition) is 1. The number of aryl methyl sites for hydroxylation is 1. The summed E-state index contributed by atoms with van der Waals surface area (Å²) in [6, 6.07) is 3.93. The average Bonchev–Trinajstić information content (AvgIpc) is 1.87. The van der Waals surface area contributed by atoms with Gasteiger partial charge in [-0.05, 0) is 19.1 Å². The van der Waals surface area contributed by atoms with Crippen molar-refractivity contribution in [1.82, 2.24) is 0 Å². The third-order valence-electron chi connectivity index (χ3n) is 0.761. The maximum Gasteiger partial charge on any atom is 0.0859 e. The molecule has 0 amide bonds. The van der Waals surface area contributed by atoms with Gasteiger partial charge in [-0.25, -0.2) is 0 Å². The van der Waals surface area contributed by atoms with E-state index in [1.165, 1.54) is 4.88 Å². The van der Waals surface area contributed by atoms with Crippen LogP contribution in [0.1, 0.15) is 4.88 Å². The average molecular weight is 150 g/mol. The Hall–Kier alpha value is -0.210. The highest BCUT2D eigenvalue weighted by Crippen LogP contribution is 2.15. The molecule has 0 radical (unpaired) electrons. The van der Waals surface area contributed by atoms with Crippen LogP contribution in [0.5, 0.6) is 0 Å². The zero-order valence-electron chi connectivity index (χ0n) is 4.55. The van der Waals surface area contributed by atoms with Gasteiger partial charge in [0.2, 0.25) is 0 Å². The Balaban J connectivity index is 0.000000490. The quantitative estimate of drug-likeness (QED) is 0.601. The topological polar surface area (TPSA) is 26.0 Å². The predicted octanol–water partition coefficient (Wildman–Crippen LogP) is 2.06. The summed E-state index contributed by atoms with van der Waals surface area (Å²) in [5.41, 5.74) is 5.40. The summed E-state index contributed by atoms with van der Waals surface area (Å²) in [5.74, 6) is 0. The fraction of sp³-hybridized carbons (Fsp3) is 0.200. The van der Waals surface area contributed by atoms with Crippen molar-refractivity contribution in [2.75, 3.05) is 5.73 Å². The molecule has 1 aromatic rings. The molecule has 0 atom stereocenters. The van der Waals surface area contributed by atoms with Crippen molar-refractivity contribution in [2.45, 2.75) is 6.92 Å². The Morgan fingerprint density at radius 1 is 1.50 bits per heavy atom. The Labute approximate surface area is 58.9 Å². The first-order chi connectivity index (χ1) is 3.29. The van der Waals surface area contributed by atoms with Gasteiger partial charge < -0.3 is 5.73 Å². The molecule has 8 heavy (non-hydrogen) atoms. The second kappa shape index (κ2) is 2.95. The third-order valence-corrected chi connectivity index (χ3v) is 1.59. The number of halogens is 1. The van der Waals surface area contributed by atoms with E-state index in [2.05, 4.69) is 0 Å². The van der Waals surface area contributed by atoms with Crippen molar-refractivity contribution >= 4 is 28.7 Å². The lowest BCUT2D eigenvalue weighted by atomic mass is 10.5. The van der Waals surface area contributed by atoms with Crippen LogP contribution in [-0.4, -0.2) is 0 Å². The first-order valence-corrected chi connectivity index (χ1v) is 2.92. The van der Waals surface area contributed by atoms with Gasteiger partial charge in [0.15, 0.2) is 0 Å². The van der Waals surface area contributed by atoms with Crippen LogP contribution in [0.15, 0.2) is 12.1 Å². The molecule has 0 aliphatic heterocycles. The Morgan fingerprint density at radius 2 is 2.12 bits per heavy atom. The first kappa shape index (κ1) is 7.79. The summed E-state index contributed by atoms with van der Waals surface area (Å²) in [4.78, 5) is 1.28. The minimum Gasteiger partial charge on any atom is -0.391 e. The van der Waals surface area contributed by atoms with Crippen LogP contribution in [0, 0.1) is 6.92 Å². The number of thiophene rings is 1. The molecule has 0 aliphatic rings. The van der Waals surface area contributed by atoms with E-state index in [4.69, 9.17) is 5.73 Å². The van der Waals surface area contributed by atoms with Gasteiger partial charge in [-0.2, -0.15) is 0 Å². The zero-order chi connectivity index (χ0) is 5.28. The number of anilines is 1. The number of nitrogen functional groups attached to an aromatic ring is 1. The first-order valence-electron chi connectivity index (χ1n) is 2.11. The highest BCUT2D eigenvalue weighted by atomic mass is 35.5. The molecule has 2 N–H and O–H groups in total. The molecule has 1 heterocycles. The van der Waals surface area contributed by atoms with Gasteiger partial charge in [0.1, 0.15) is 0 Å². The molecular weight excluding hydrogens is 142 g/mol. The van der Waals surface area contributed by atoms with Gasteiger partial charge in [0.25, 0.3) is 0 Å². The molecule has 0 unspecified atom stereocenters. The third kappa shape index (κ3) is 1.72. The fourth-order valence-corrected chi connectivity index (χ4v) is 1.10. The van der Waals surface area contributed by atoms with Crippen LogP contribution in [0.4, 0.5) is 5.00 Å². The second-order valence-electron chi connectivity index (χ2n) is 1.45. The fourth-order valence-electron chi connectivity index (χ4n) is 0.453. The molecular formula is C5H8ClNS. The van der Waals surface area contributed by atoms with Crippen LogP contribution in [-0.2, 0) is 0 Å². The maximum absolute atomic E-state index is 5.40. The van der Waals surface area contributed by atoms with E-state index in [0.29, 0.717) is 0 Å². The molecule has 1 aromatic heterocycles. The number of hydrogen-bond acceptors (Lipinski definition) is 2. The van der Waals surface area contributed by atoms with Crippen LogP contribution < -0.4 is 5.73 Å². The SMILES string of the molecule is Cc1ccc(N)s1.Cl. The highest BCUT2D eigenvalue weighted by molar-refractivity contribution is 7.15. The summed E-state index contributed by atoms with van der Waals surface area (Å²) in [6.07, 6.45) is 0. The standard InChI is InChI=1S/C5H7NS.ClH/c1-4-2-3-5(6)7-4;/h2-3H,6H2,1H3;1H. The number of rotatable bonds is 0. The van der Waals surface area contributed by atoms with Crippen molar-refractivity contribution < 1.29 is 0 Å². The molecule has 0 spiro atoms. The molecule has 0 fully saturated rings. The largest absolute Gasteiger partial charge is 0.391 e. The summed E-state index contributed by atoms with van der Waals surface area (Å²) < 4.78 is 0. The molecule has 1 rings (SSSR count). The van der Waals surface area contributed by atoms with Crippen molar-refractivity contribution in [2.24, 2.45) is 0 Å². The van der Waals surface area contributed by atoms with Crippen molar-refractivity contribution in [1.29, 1.82) is 0 Å². The predicted molar refractivity (Wildman–Crippen MR) is 40.7 cm³/mol. The molecule has 0 aliphatic carbocycles. The van der Waals surface area contributed by atoms with Gasteiger partial charge in [-0.15, -0.1) is 23.7 Å². The minimum atomic E-state index is 0. The van der Waals surface area contributed by atoms with Crippen molar-refractivity contribution in [3.8, 4) is 0 Å². The molecule has 0 saturated carbocycles. The van der Waals surface area contributed by atoms with E-state index < -0.39 is 0 Å². The van der Waals surface area contributed by atoms with Gasteiger partial charge in [0.05, 0.1) is 5.00 Å². The summed E-state index contributed by atoms with van der Waals surface area (Å²) in [5, 5.41) is 0.900. The molecule has 3 heteroatoms. The zero-order valence-corrected chi connectivity index (χ0v) is 6.18. The van der Waals surface area contributed by atoms with E-state index in [9.17, 15) is 0 Å². The monoisotopic (exact) mass is 149 g/mol. The van der Waals surface area contributed by atoms with Gasteiger partial charge >= 0.3 is 0 Å². The van der Waals surface area contributed by atoms with E-state index in [0.717, 1.165) is 5.00 Å². The smallest absolute Gasteiger partial charge is 0.0859 e. The molecule has 1 nitrogen and oxygen atoms in total. The summed E-state index contributed by atoms with van der Waals surface area (Å²) >= 11 is 1.62. The normalized spacial score (nSPS) is 8.12.